The average molecular weight is 281 g/mol. The molecule has 0 unspecified atom stereocenters. The van der Waals surface area contributed by atoms with Gasteiger partial charge in [0, 0.05) is 6.07 Å². The summed E-state index contributed by atoms with van der Waals surface area (Å²) < 4.78 is 1.93. The number of carboxylic acid groups (broad SMARTS) is 1. The van der Waals surface area contributed by atoms with Gasteiger partial charge in [0.1, 0.15) is 4.60 Å². The molecular formula is C11H9BrN2O2. The van der Waals surface area contributed by atoms with Crippen molar-refractivity contribution in [3.63, 3.8) is 0 Å². The number of carboxylic acids is 1. The topological polar surface area (TPSA) is 55.1 Å². The summed E-state index contributed by atoms with van der Waals surface area (Å²) in [6.07, 6.45) is 0. The third-order valence-electron chi connectivity index (χ3n) is 2.24. The molecule has 1 aromatic heterocycles. The van der Waals surface area contributed by atoms with Gasteiger partial charge >= 0.3 is 5.97 Å². The Morgan fingerprint density at radius 1 is 1.44 bits per heavy atom. The van der Waals surface area contributed by atoms with Crippen molar-refractivity contribution in [2.24, 2.45) is 0 Å². The number of rotatable bonds is 2. The van der Waals surface area contributed by atoms with Crippen LogP contribution in [0.15, 0.2) is 34.9 Å². The summed E-state index contributed by atoms with van der Waals surface area (Å²) in [5.74, 6) is -0.999. The van der Waals surface area contributed by atoms with Crippen LogP contribution in [0.2, 0.25) is 0 Å². The van der Waals surface area contributed by atoms with E-state index in [4.69, 9.17) is 5.11 Å². The molecule has 82 valence electrons. The minimum absolute atomic E-state index is 0.140. The van der Waals surface area contributed by atoms with Gasteiger partial charge in [-0.1, -0.05) is 18.2 Å². The van der Waals surface area contributed by atoms with Crippen LogP contribution in [0.4, 0.5) is 0 Å². The lowest BCUT2D eigenvalue weighted by Crippen LogP contribution is -2.08. The highest BCUT2D eigenvalue weighted by molar-refractivity contribution is 9.10. The SMILES string of the molecule is Cc1ccccc1-n1nc(Br)cc1C(=O)O. The van der Waals surface area contributed by atoms with E-state index in [9.17, 15) is 4.79 Å². The molecule has 0 aliphatic rings. The van der Waals surface area contributed by atoms with E-state index in [1.807, 2.05) is 31.2 Å². The minimum Gasteiger partial charge on any atom is -0.477 e. The summed E-state index contributed by atoms with van der Waals surface area (Å²) in [6, 6.07) is 8.98. The van der Waals surface area contributed by atoms with Crippen LogP contribution in [0.5, 0.6) is 0 Å². The number of halogens is 1. The molecule has 4 nitrogen and oxygen atoms in total. The van der Waals surface area contributed by atoms with Crippen LogP contribution in [0, 0.1) is 6.92 Å². The van der Waals surface area contributed by atoms with E-state index in [0.29, 0.717) is 4.60 Å². The largest absolute Gasteiger partial charge is 0.477 e. The fraction of sp³-hybridized carbons (Fsp3) is 0.0909. The Kier molecular flexibility index (Phi) is 2.78. The van der Waals surface area contributed by atoms with Crippen LogP contribution in [0.1, 0.15) is 16.1 Å². The van der Waals surface area contributed by atoms with Gasteiger partial charge in [-0.25, -0.2) is 9.48 Å². The number of aryl methyl sites for hydroxylation is 1. The number of aromatic carboxylic acids is 1. The lowest BCUT2D eigenvalue weighted by molar-refractivity contribution is 0.0687. The Balaban J connectivity index is 2.64. The number of nitrogens with zero attached hydrogens (tertiary/aromatic N) is 2. The van der Waals surface area contributed by atoms with Gasteiger partial charge in [-0.05, 0) is 34.5 Å². The monoisotopic (exact) mass is 280 g/mol. The lowest BCUT2D eigenvalue weighted by atomic mass is 10.2. The molecule has 0 atom stereocenters. The highest BCUT2D eigenvalue weighted by Gasteiger charge is 2.15. The van der Waals surface area contributed by atoms with Crippen molar-refractivity contribution in [2.45, 2.75) is 6.92 Å². The van der Waals surface area contributed by atoms with Crippen LogP contribution in [-0.4, -0.2) is 20.9 Å². The molecule has 16 heavy (non-hydrogen) atoms. The van der Waals surface area contributed by atoms with E-state index in [1.54, 1.807) is 0 Å². The third-order valence-corrected chi connectivity index (χ3v) is 2.63. The zero-order valence-corrected chi connectivity index (χ0v) is 10.1. The van der Waals surface area contributed by atoms with Crippen LogP contribution < -0.4 is 0 Å². The summed E-state index contributed by atoms with van der Waals surface area (Å²) in [4.78, 5) is 11.0. The second-order valence-corrected chi connectivity index (χ2v) is 4.17. The number of aromatic nitrogens is 2. The average Bonchev–Trinajstić information content (AvgIpc) is 2.61. The smallest absolute Gasteiger partial charge is 0.354 e. The summed E-state index contributed by atoms with van der Waals surface area (Å²) >= 11 is 3.18. The highest BCUT2D eigenvalue weighted by atomic mass is 79.9. The van der Waals surface area contributed by atoms with Crippen LogP contribution in [0.25, 0.3) is 5.69 Å². The number of benzene rings is 1. The Bertz CT molecular complexity index is 549. The predicted molar refractivity (Wildman–Crippen MR) is 63.0 cm³/mol. The summed E-state index contributed by atoms with van der Waals surface area (Å²) in [5.41, 5.74) is 1.88. The van der Waals surface area contributed by atoms with Crippen LogP contribution in [0.3, 0.4) is 0 Å². The second kappa shape index (κ2) is 4.09. The Morgan fingerprint density at radius 2 is 2.12 bits per heavy atom. The molecule has 0 bridgehead atoms. The van der Waals surface area contributed by atoms with Crippen molar-refractivity contribution in [1.29, 1.82) is 0 Å². The molecular weight excluding hydrogens is 272 g/mol. The molecule has 5 heteroatoms. The maximum atomic E-state index is 11.0. The summed E-state index contributed by atoms with van der Waals surface area (Å²) in [6.45, 7) is 1.91. The van der Waals surface area contributed by atoms with Crippen molar-refractivity contribution in [1.82, 2.24) is 9.78 Å². The van der Waals surface area contributed by atoms with Gasteiger partial charge in [-0.15, -0.1) is 0 Å². The zero-order valence-electron chi connectivity index (χ0n) is 8.51. The number of hydrogen-bond acceptors (Lipinski definition) is 2. The first-order chi connectivity index (χ1) is 7.59. The molecule has 0 saturated heterocycles. The normalized spacial score (nSPS) is 10.4. The number of para-hydroxylation sites is 1. The Morgan fingerprint density at radius 3 is 2.75 bits per heavy atom. The van der Waals surface area contributed by atoms with E-state index in [-0.39, 0.29) is 5.69 Å². The first-order valence-corrected chi connectivity index (χ1v) is 5.44. The Labute approximate surface area is 101 Å². The fourth-order valence-electron chi connectivity index (χ4n) is 1.49. The van der Waals surface area contributed by atoms with Gasteiger partial charge in [-0.3, -0.25) is 0 Å². The maximum Gasteiger partial charge on any atom is 0.354 e. The molecule has 1 aromatic carbocycles. The van der Waals surface area contributed by atoms with E-state index in [1.165, 1.54) is 10.7 Å². The molecule has 0 spiro atoms. The molecule has 1 heterocycles. The minimum atomic E-state index is -0.999. The van der Waals surface area contributed by atoms with Crippen molar-refractivity contribution in [2.75, 3.05) is 0 Å². The summed E-state index contributed by atoms with van der Waals surface area (Å²) in [5, 5.41) is 13.2. The van der Waals surface area contributed by atoms with Gasteiger partial charge < -0.3 is 5.11 Å². The summed E-state index contributed by atoms with van der Waals surface area (Å²) in [7, 11) is 0. The first kappa shape index (κ1) is 10.9. The van der Waals surface area contributed by atoms with Crippen LogP contribution >= 0.6 is 15.9 Å². The number of carbonyl (C=O) groups is 1. The molecule has 1 N–H and O–H groups in total. The molecule has 0 amide bonds. The molecule has 0 radical (unpaired) electrons. The molecule has 0 aliphatic carbocycles. The van der Waals surface area contributed by atoms with E-state index in [2.05, 4.69) is 21.0 Å². The number of hydrogen-bond donors (Lipinski definition) is 1. The van der Waals surface area contributed by atoms with Crippen molar-refractivity contribution in [3.05, 3.63) is 46.2 Å². The fourth-order valence-corrected chi connectivity index (χ4v) is 1.86. The van der Waals surface area contributed by atoms with Gasteiger partial charge in [0.2, 0.25) is 0 Å². The molecule has 0 saturated carbocycles. The predicted octanol–water partition coefficient (Wildman–Crippen LogP) is 2.64. The first-order valence-electron chi connectivity index (χ1n) is 4.64. The molecule has 2 rings (SSSR count). The van der Waals surface area contributed by atoms with Crippen LogP contribution in [-0.2, 0) is 0 Å². The zero-order chi connectivity index (χ0) is 11.7. The van der Waals surface area contributed by atoms with E-state index in [0.717, 1.165) is 11.3 Å². The second-order valence-electron chi connectivity index (χ2n) is 3.36. The quantitative estimate of drug-likeness (QED) is 0.920. The van der Waals surface area contributed by atoms with E-state index < -0.39 is 5.97 Å². The maximum absolute atomic E-state index is 11.0. The standard InChI is InChI=1S/C11H9BrN2O2/c1-7-4-2-3-5-8(7)14-9(11(15)16)6-10(12)13-14/h2-6H,1H3,(H,15,16). The molecule has 0 aliphatic heterocycles. The van der Waals surface area contributed by atoms with Gasteiger partial charge in [0.25, 0.3) is 0 Å². The Hall–Kier alpha value is -1.62. The highest BCUT2D eigenvalue weighted by Crippen LogP contribution is 2.18. The van der Waals surface area contributed by atoms with Gasteiger partial charge in [0.05, 0.1) is 5.69 Å². The lowest BCUT2D eigenvalue weighted by Gasteiger charge is -2.07. The van der Waals surface area contributed by atoms with Gasteiger partial charge in [-0.2, -0.15) is 5.10 Å². The van der Waals surface area contributed by atoms with Crippen molar-refractivity contribution < 1.29 is 9.90 Å². The molecule has 0 fully saturated rings. The third kappa shape index (κ3) is 1.86. The van der Waals surface area contributed by atoms with Crippen molar-refractivity contribution in [3.8, 4) is 5.69 Å². The van der Waals surface area contributed by atoms with E-state index >= 15 is 0 Å². The van der Waals surface area contributed by atoms with Gasteiger partial charge in [0.15, 0.2) is 5.69 Å². The van der Waals surface area contributed by atoms with Crippen molar-refractivity contribution >= 4 is 21.9 Å². The molecule has 2 aromatic rings.